The molecule has 4 heteroatoms. The molecular weight excluding hydrogens is 184 g/mol. The minimum Gasteiger partial charge on any atom is -0.371 e. The molecule has 0 aromatic carbocycles. The van der Waals surface area contributed by atoms with Crippen LogP contribution in [-0.4, -0.2) is 36.9 Å². The van der Waals surface area contributed by atoms with Crippen LogP contribution in [0.2, 0.25) is 0 Å². The maximum atomic E-state index is 5.68. The Labute approximate surface area is 81.6 Å². The number of morpholine rings is 1. The highest BCUT2D eigenvalue weighted by atomic mass is 32.2. The van der Waals surface area contributed by atoms with E-state index in [-0.39, 0.29) is 6.10 Å². The molecule has 3 rings (SSSR count). The molecular formula is C9H12N2OS. The number of fused-ring (bicyclic) bond motifs is 2. The van der Waals surface area contributed by atoms with E-state index in [0.717, 1.165) is 19.6 Å². The van der Waals surface area contributed by atoms with Gasteiger partial charge in [0.05, 0.1) is 24.3 Å². The van der Waals surface area contributed by atoms with E-state index in [4.69, 9.17) is 4.74 Å². The fraction of sp³-hybridized carbons (Fsp3) is 0.667. The van der Waals surface area contributed by atoms with Gasteiger partial charge in [-0.1, -0.05) is 11.8 Å². The normalized spacial score (nSPS) is 42.5. The number of nitrogens with one attached hydrogen (secondary N) is 1. The van der Waals surface area contributed by atoms with Gasteiger partial charge in [-0.3, -0.25) is 4.99 Å². The molecule has 0 spiro atoms. The lowest BCUT2D eigenvalue weighted by atomic mass is 9.94. The summed E-state index contributed by atoms with van der Waals surface area (Å²) in [4.78, 5) is 5.80. The number of ether oxygens (including phenoxy) is 1. The summed E-state index contributed by atoms with van der Waals surface area (Å²) in [6.07, 6.45) is 3.62. The number of hydrogen-bond acceptors (Lipinski definition) is 4. The standard InChI is InChI=1S/C9H12N2OS/c1-2-12-8-4-9-7(11-5-13-9)3-6(8)10-1/h4-8,10H,1-3H2/t6-,7?,8-/m1/s1. The Hall–Kier alpha value is -0.320. The van der Waals surface area contributed by atoms with Crippen LogP contribution in [-0.2, 0) is 4.74 Å². The summed E-state index contributed by atoms with van der Waals surface area (Å²) < 4.78 is 5.68. The molecule has 70 valence electrons. The molecule has 2 heterocycles. The van der Waals surface area contributed by atoms with Gasteiger partial charge in [-0.2, -0.15) is 0 Å². The van der Waals surface area contributed by atoms with Crippen molar-refractivity contribution in [2.45, 2.75) is 24.6 Å². The van der Waals surface area contributed by atoms with Crippen molar-refractivity contribution in [3.63, 3.8) is 0 Å². The van der Waals surface area contributed by atoms with Gasteiger partial charge in [-0.05, 0) is 12.5 Å². The van der Waals surface area contributed by atoms with Gasteiger partial charge in [0.2, 0.25) is 0 Å². The quantitative estimate of drug-likeness (QED) is 0.621. The summed E-state index contributed by atoms with van der Waals surface area (Å²) in [6, 6.07) is 0.902. The van der Waals surface area contributed by atoms with Crippen LogP contribution in [0.25, 0.3) is 0 Å². The molecule has 13 heavy (non-hydrogen) atoms. The van der Waals surface area contributed by atoms with E-state index in [2.05, 4.69) is 16.4 Å². The monoisotopic (exact) mass is 196 g/mol. The predicted molar refractivity (Wildman–Crippen MR) is 54.1 cm³/mol. The smallest absolute Gasteiger partial charge is 0.0921 e. The van der Waals surface area contributed by atoms with Crippen LogP contribution in [0.4, 0.5) is 0 Å². The molecule has 3 nitrogen and oxygen atoms in total. The first-order valence-electron chi connectivity index (χ1n) is 4.68. The van der Waals surface area contributed by atoms with Gasteiger partial charge >= 0.3 is 0 Å². The Kier molecular flexibility index (Phi) is 1.92. The third-order valence-corrected chi connectivity index (χ3v) is 3.69. The molecule has 0 bridgehead atoms. The summed E-state index contributed by atoms with van der Waals surface area (Å²) in [5, 5.41) is 3.48. The van der Waals surface area contributed by atoms with E-state index >= 15 is 0 Å². The average Bonchev–Trinajstić information content (AvgIpc) is 2.61. The van der Waals surface area contributed by atoms with Crippen LogP contribution in [0.15, 0.2) is 16.0 Å². The molecule has 3 aliphatic rings. The first-order chi connectivity index (χ1) is 6.43. The van der Waals surface area contributed by atoms with Crippen LogP contribution in [0, 0.1) is 0 Å². The molecule has 1 fully saturated rings. The Morgan fingerprint density at radius 1 is 1.62 bits per heavy atom. The lowest BCUT2D eigenvalue weighted by molar-refractivity contribution is 0.0189. The molecule has 3 atom stereocenters. The van der Waals surface area contributed by atoms with E-state index in [9.17, 15) is 0 Å². The Balaban J connectivity index is 1.86. The minimum absolute atomic E-state index is 0.286. The zero-order chi connectivity index (χ0) is 8.67. The van der Waals surface area contributed by atoms with E-state index in [1.165, 1.54) is 4.91 Å². The lowest BCUT2D eigenvalue weighted by Crippen LogP contribution is -2.50. The van der Waals surface area contributed by atoms with Crippen molar-refractivity contribution in [2.75, 3.05) is 13.2 Å². The molecule has 0 aromatic heterocycles. The van der Waals surface area contributed by atoms with E-state index in [0.29, 0.717) is 12.1 Å². The van der Waals surface area contributed by atoms with Crippen molar-refractivity contribution < 1.29 is 4.74 Å². The summed E-state index contributed by atoms with van der Waals surface area (Å²) in [5.41, 5.74) is 1.95. The van der Waals surface area contributed by atoms with Gasteiger partial charge in [0.25, 0.3) is 0 Å². The molecule has 0 saturated carbocycles. The van der Waals surface area contributed by atoms with Crippen molar-refractivity contribution >= 4 is 17.3 Å². The Morgan fingerprint density at radius 3 is 3.62 bits per heavy atom. The summed E-state index contributed by atoms with van der Waals surface area (Å²) in [5.74, 6) is 0. The highest BCUT2D eigenvalue weighted by Gasteiger charge is 2.34. The maximum absolute atomic E-state index is 5.68. The SMILES string of the molecule is C1=NC2C[C@H]3NCCO[C@@H]3C=C2S1. The van der Waals surface area contributed by atoms with Gasteiger partial charge < -0.3 is 10.1 Å². The molecule has 0 amide bonds. The van der Waals surface area contributed by atoms with Crippen molar-refractivity contribution in [3.05, 3.63) is 11.0 Å². The summed E-state index contributed by atoms with van der Waals surface area (Å²) in [7, 11) is 0. The fourth-order valence-corrected chi connectivity index (χ4v) is 2.96. The second-order valence-electron chi connectivity index (χ2n) is 3.59. The first-order valence-corrected chi connectivity index (χ1v) is 5.56. The molecule has 2 aliphatic heterocycles. The first kappa shape index (κ1) is 8.03. The average molecular weight is 196 g/mol. The van der Waals surface area contributed by atoms with Crippen molar-refractivity contribution in [3.8, 4) is 0 Å². The highest BCUT2D eigenvalue weighted by molar-refractivity contribution is 8.15. The third kappa shape index (κ3) is 1.33. The molecule has 0 aromatic rings. The molecule has 1 aliphatic carbocycles. The summed E-state index contributed by atoms with van der Waals surface area (Å²) >= 11 is 1.74. The number of thioether (sulfide) groups is 1. The fourth-order valence-electron chi connectivity index (χ4n) is 2.10. The van der Waals surface area contributed by atoms with Crippen molar-refractivity contribution in [2.24, 2.45) is 4.99 Å². The Morgan fingerprint density at radius 2 is 2.62 bits per heavy atom. The number of hydrogen-bond donors (Lipinski definition) is 1. The Bertz CT molecular complexity index is 277. The number of rotatable bonds is 0. The second kappa shape index (κ2) is 3.12. The second-order valence-corrected chi connectivity index (χ2v) is 4.51. The van der Waals surface area contributed by atoms with Gasteiger partial charge in [-0.25, -0.2) is 0 Å². The molecule has 0 radical (unpaired) electrons. The lowest BCUT2D eigenvalue weighted by Gasteiger charge is -2.35. The number of aliphatic imine (C=N–C) groups is 1. The molecule has 1 N–H and O–H groups in total. The highest BCUT2D eigenvalue weighted by Crippen LogP contribution is 2.35. The minimum atomic E-state index is 0.286. The predicted octanol–water partition coefficient (Wildman–Crippen LogP) is 0.775. The van der Waals surface area contributed by atoms with E-state index in [1.54, 1.807) is 11.8 Å². The van der Waals surface area contributed by atoms with Crippen LogP contribution < -0.4 is 5.32 Å². The third-order valence-electron chi connectivity index (χ3n) is 2.78. The van der Waals surface area contributed by atoms with E-state index in [1.807, 2.05) is 5.55 Å². The van der Waals surface area contributed by atoms with Crippen molar-refractivity contribution in [1.29, 1.82) is 0 Å². The van der Waals surface area contributed by atoms with Gasteiger partial charge in [0.15, 0.2) is 0 Å². The van der Waals surface area contributed by atoms with Crippen molar-refractivity contribution in [1.82, 2.24) is 5.32 Å². The number of nitrogens with zero attached hydrogens (tertiary/aromatic N) is 1. The van der Waals surface area contributed by atoms with Crippen LogP contribution in [0.3, 0.4) is 0 Å². The summed E-state index contributed by atoms with van der Waals surface area (Å²) in [6.45, 7) is 1.81. The van der Waals surface area contributed by atoms with Crippen LogP contribution in [0.1, 0.15) is 6.42 Å². The molecule has 1 saturated heterocycles. The van der Waals surface area contributed by atoms with Gasteiger partial charge in [-0.15, -0.1) is 0 Å². The van der Waals surface area contributed by atoms with Gasteiger partial charge in [0, 0.05) is 17.5 Å². The maximum Gasteiger partial charge on any atom is 0.0921 e. The van der Waals surface area contributed by atoms with Crippen LogP contribution in [0.5, 0.6) is 0 Å². The van der Waals surface area contributed by atoms with E-state index < -0.39 is 0 Å². The van der Waals surface area contributed by atoms with Crippen LogP contribution >= 0.6 is 11.8 Å². The molecule has 1 unspecified atom stereocenters. The van der Waals surface area contributed by atoms with Gasteiger partial charge in [0.1, 0.15) is 0 Å². The zero-order valence-electron chi connectivity index (χ0n) is 7.27. The largest absolute Gasteiger partial charge is 0.371 e. The topological polar surface area (TPSA) is 33.6 Å². The zero-order valence-corrected chi connectivity index (χ0v) is 8.09.